The minimum atomic E-state index is -0.0319. The highest BCUT2D eigenvalue weighted by Crippen LogP contribution is 2.51. The molecule has 1 aromatic heterocycles. The smallest absolute Gasteiger partial charge is 0.322 e. The van der Waals surface area contributed by atoms with E-state index < -0.39 is 0 Å². The Morgan fingerprint density at radius 2 is 1.89 bits per heavy atom. The lowest BCUT2D eigenvalue weighted by Crippen LogP contribution is -2.41. The van der Waals surface area contributed by atoms with Crippen LogP contribution in [0.3, 0.4) is 0 Å². The largest absolute Gasteiger partial charge is 0.334 e. The Hall–Kier alpha value is -3.35. The minimum absolute atomic E-state index is 0.0319. The fourth-order valence-corrected chi connectivity index (χ4v) is 6.38. The molecule has 2 heterocycles. The van der Waals surface area contributed by atoms with Gasteiger partial charge in [-0.25, -0.2) is 4.79 Å². The number of anilines is 1. The zero-order valence-electron chi connectivity index (χ0n) is 20.5. The first kappa shape index (κ1) is 23.1. The van der Waals surface area contributed by atoms with Crippen LogP contribution in [-0.4, -0.2) is 17.6 Å². The molecule has 1 aliphatic heterocycles. The molecular weight excluding hydrogens is 464 g/mol. The summed E-state index contributed by atoms with van der Waals surface area (Å²) in [6, 6.07) is 23.0. The molecule has 2 aliphatic rings. The first-order chi connectivity index (χ1) is 17.6. The standard InChI is InChI=1S/C30H30N4OS/c1-20-6-12-26-24(5-4-16-32-26)28(20)22-9-13-27-25(17-22)30(14-2-3-15-30)19-34(27)29(35)33-18-21-7-10-23(36-31)11-8-21/h4-13,16-17H,2-3,14-15,18-19,31H2,1H3,(H,33,35). The number of nitrogens with zero attached hydrogens (tertiary/aromatic N) is 2. The lowest BCUT2D eigenvalue weighted by Gasteiger charge is -2.25. The zero-order valence-corrected chi connectivity index (χ0v) is 21.3. The van der Waals surface area contributed by atoms with Gasteiger partial charge in [0.2, 0.25) is 0 Å². The van der Waals surface area contributed by atoms with E-state index in [1.54, 1.807) is 0 Å². The number of nitrogens with one attached hydrogen (secondary N) is 1. The molecule has 0 unspecified atom stereocenters. The van der Waals surface area contributed by atoms with Crippen molar-refractivity contribution in [2.24, 2.45) is 5.14 Å². The quantitative estimate of drug-likeness (QED) is 0.309. The molecule has 5 nitrogen and oxygen atoms in total. The summed E-state index contributed by atoms with van der Waals surface area (Å²) in [6.07, 6.45) is 6.52. The fraction of sp³-hybridized carbons (Fsp3) is 0.267. The SMILES string of the molecule is Cc1ccc2ncccc2c1-c1ccc2c(c1)C1(CCCC1)CN2C(=O)NCc1ccc(SN)cc1. The Morgan fingerprint density at radius 1 is 1.08 bits per heavy atom. The van der Waals surface area contributed by atoms with Gasteiger partial charge in [-0.3, -0.25) is 15.0 Å². The van der Waals surface area contributed by atoms with E-state index in [-0.39, 0.29) is 11.4 Å². The average Bonchev–Trinajstić information content (AvgIpc) is 3.52. The topological polar surface area (TPSA) is 71.2 Å². The maximum atomic E-state index is 13.4. The number of urea groups is 1. The van der Waals surface area contributed by atoms with Crippen LogP contribution in [0.4, 0.5) is 10.5 Å². The molecule has 2 amide bonds. The van der Waals surface area contributed by atoms with Crippen LogP contribution in [-0.2, 0) is 12.0 Å². The van der Waals surface area contributed by atoms with Gasteiger partial charge in [-0.05, 0) is 95.9 Å². The van der Waals surface area contributed by atoms with Crippen LogP contribution in [0.1, 0.15) is 42.4 Å². The fourth-order valence-electron chi connectivity index (χ4n) is 6.09. The van der Waals surface area contributed by atoms with E-state index in [0.29, 0.717) is 6.54 Å². The molecule has 1 spiro atoms. The van der Waals surface area contributed by atoms with Gasteiger partial charge >= 0.3 is 6.03 Å². The number of rotatable bonds is 4. The Balaban J connectivity index is 1.34. The molecule has 6 heteroatoms. The number of nitrogens with two attached hydrogens (primary N) is 1. The highest BCUT2D eigenvalue weighted by molar-refractivity contribution is 7.97. The van der Waals surface area contributed by atoms with Gasteiger partial charge in [0.1, 0.15) is 0 Å². The number of benzene rings is 3. The van der Waals surface area contributed by atoms with Crippen LogP contribution in [0.15, 0.2) is 77.8 Å². The second-order valence-electron chi connectivity index (χ2n) is 10.1. The third-order valence-corrected chi connectivity index (χ3v) is 8.45. The lowest BCUT2D eigenvalue weighted by molar-refractivity contribution is 0.245. The molecule has 3 aromatic carbocycles. The monoisotopic (exact) mass is 494 g/mol. The first-order valence-corrected chi connectivity index (χ1v) is 13.5. The highest BCUT2D eigenvalue weighted by atomic mass is 32.2. The molecule has 1 aliphatic carbocycles. The summed E-state index contributed by atoms with van der Waals surface area (Å²) in [6.45, 7) is 3.41. The van der Waals surface area contributed by atoms with E-state index in [2.05, 4.69) is 53.6 Å². The number of hydrogen-bond donors (Lipinski definition) is 2. The average molecular weight is 495 g/mol. The molecule has 182 valence electrons. The summed E-state index contributed by atoms with van der Waals surface area (Å²) in [4.78, 5) is 21.0. The van der Waals surface area contributed by atoms with Crippen molar-refractivity contribution in [3.05, 3.63) is 89.6 Å². The van der Waals surface area contributed by atoms with Crippen LogP contribution < -0.4 is 15.4 Å². The number of carbonyl (C=O) groups excluding carboxylic acids is 1. The number of aromatic nitrogens is 1. The summed E-state index contributed by atoms with van der Waals surface area (Å²) >= 11 is 1.23. The van der Waals surface area contributed by atoms with E-state index in [9.17, 15) is 4.79 Å². The van der Waals surface area contributed by atoms with Crippen molar-refractivity contribution in [2.45, 2.75) is 49.5 Å². The molecule has 6 rings (SSSR count). The molecule has 36 heavy (non-hydrogen) atoms. The Labute approximate surface area is 216 Å². The maximum Gasteiger partial charge on any atom is 0.322 e. The van der Waals surface area contributed by atoms with Gasteiger partial charge in [0.05, 0.1) is 5.52 Å². The molecule has 1 fully saturated rings. The molecule has 0 saturated heterocycles. The van der Waals surface area contributed by atoms with Gasteiger partial charge in [0.15, 0.2) is 0 Å². The number of pyridine rings is 1. The van der Waals surface area contributed by atoms with Gasteiger partial charge in [-0.1, -0.05) is 43.2 Å². The van der Waals surface area contributed by atoms with Crippen LogP contribution in [0.5, 0.6) is 0 Å². The summed E-state index contributed by atoms with van der Waals surface area (Å²) in [5, 5.41) is 9.94. The minimum Gasteiger partial charge on any atom is -0.334 e. The van der Waals surface area contributed by atoms with E-state index in [4.69, 9.17) is 5.14 Å². The predicted molar refractivity (Wildman–Crippen MR) is 148 cm³/mol. The number of hydrogen-bond acceptors (Lipinski definition) is 4. The molecule has 0 atom stereocenters. The summed E-state index contributed by atoms with van der Waals surface area (Å²) in [5.74, 6) is 0. The number of fused-ring (bicyclic) bond motifs is 3. The molecule has 0 bridgehead atoms. The Morgan fingerprint density at radius 3 is 2.67 bits per heavy atom. The van der Waals surface area contributed by atoms with Crippen LogP contribution in [0.2, 0.25) is 0 Å². The van der Waals surface area contributed by atoms with Gasteiger partial charge in [0.25, 0.3) is 0 Å². The van der Waals surface area contributed by atoms with Gasteiger partial charge in [0, 0.05) is 40.7 Å². The van der Waals surface area contributed by atoms with Crippen LogP contribution in [0.25, 0.3) is 22.0 Å². The predicted octanol–water partition coefficient (Wildman–Crippen LogP) is 6.72. The second kappa shape index (κ2) is 9.26. The van der Waals surface area contributed by atoms with Crippen molar-refractivity contribution in [1.82, 2.24) is 10.3 Å². The van der Waals surface area contributed by atoms with Crippen molar-refractivity contribution in [3.8, 4) is 11.1 Å². The van der Waals surface area contributed by atoms with E-state index in [0.717, 1.165) is 41.0 Å². The van der Waals surface area contributed by atoms with Gasteiger partial charge < -0.3 is 5.32 Å². The number of amides is 2. The molecule has 3 N–H and O–H groups in total. The van der Waals surface area contributed by atoms with Crippen molar-refractivity contribution >= 4 is 34.6 Å². The molecule has 4 aromatic rings. The summed E-state index contributed by atoms with van der Waals surface area (Å²) in [7, 11) is 0. The highest BCUT2D eigenvalue weighted by Gasteiger charge is 2.46. The third kappa shape index (κ3) is 3.94. The first-order valence-electron chi connectivity index (χ1n) is 12.6. The van der Waals surface area contributed by atoms with E-state index in [1.165, 1.54) is 52.4 Å². The van der Waals surface area contributed by atoms with Gasteiger partial charge in [-0.15, -0.1) is 0 Å². The van der Waals surface area contributed by atoms with Crippen LogP contribution >= 0.6 is 11.9 Å². The van der Waals surface area contributed by atoms with Crippen molar-refractivity contribution in [1.29, 1.82) is 0 Å². The van der Waals surface area contributed by atoms with Crippen molar-refractivity contribution < 1.29 is 4.79 Å². The summed E-state index contributed by atoms with van der Waals surface area (Å²) < 4.78 is 0. The molecule has 0 radical (unpaired) electrons. The third-order valence-electron chi connectivity index (χ3n) is 7.91. The van der Waals surface area contributed by atoms with E-state index in [1.807, 2.05) is 41.4 Å². The summed E-state index contributed by atoms with van der Waals surface area (Å²) in [5.41, 5.74) is 8.15. The second-order valence-corrected chi connectivity index (χ2v) is 10.8. The lowest BCUT2D eigenvalue weighted by atomic mass is 9.79. The van der Waals surface area contributed by atoms with E-state index >= 15 is 0 Å². The van der Waals surface area contributed by atoms with Crippen molar-refractivity contribution in [2.75, 3.05) is 11.4 Å². The van der Waals surface area contributed by atoms with Gasteiger partial charge in [-0.2, -0.15) is 0 Å². The Bertz CT molecular complexity index is 1440. The maximum absolute atomic E-state index is 13.4. The normalized spacial score (nSPS) is 16.0. The molecule has 1 saturated carbocycles. The van der Waals surface area contributed by atoms with Crippen LogP contribution in [0, 0.1) is 6.92 Å². The number of aryl methyl sites for hydroxylation is 1. The zero-order chi connectivity index (χ0) is 24.7. The molecular formula is C30H30N4OS. The van der Waals surface area contributed by atoms with Crippen molar-refractivity contribution in [3.63, 3.8) is 0 Å². The number of carbonyl (C=O) groups is 1. The Kier molecular flexibility index (Phi) is 5.94.